The van der Waals surface area contributed by atoms with Crippen LogP contribution in [-0.2, 0) is 9.59 Å². The second kappa shape index (κ2) is 7.43. The van der Waals surface area contributed by atoms with E-state index in [9.17, 15) is 14.7 Å². The van der Waals surface area contributed by atoms with Crippen molar-refractivity contribution in [2.45, 2.75) is 31.6 Å². The first-order chi connectivity index (χ1) is 13.5. The molecule has 1 amide bonds. The van der Waals surface area contributed by atoms with Gasteiger partial charge in [0.15, 0.2) is 17.3 Å². The number of ether oxygens (including phenoxy) is 1. The van der Waals surface area contributed by atoms with Gasteiger partial charge in [-0.25, -0.2) is 0 Å². The quantitative estimate of drug-likeness (QED) is 0.749. The number of phenols is 1. The van der Waals surface area contributed by atoms with Gasteiger partial charge in [0.1, 0.15) is 0 Å². The Kier molecular flexibility index (Phi) is 4.98. The second-order valence-electron chi connectivity index (χ2n) is 7.01. The van der Waals surface area contributed by atoms with Crippen LogP contribution in [0, 0.1) is 0 Å². The monoisotopic (exact) mass is 441 g/mol. The van der Waals surface area contributed by atoms with Crippen LogP contribution in [0.25, 0.3) is 0 Å². The number of halogens is 1. The Labute approximate surface area is 171 Å². The SMILES string of the molecule is COc1cc(C2CC(=O)N(c3ccccc3Br)C3=C2C(=O)CCC3)ccc1O. The smallest absolute Gasteiger partial charge is 0.232 e. The summed E-state index contributed by atoms with van der Waals surface area (Å²) in [5.74, 6) is 0.0831. The van der Waals surface area contributed by atoms with Crippen LogP contribution in [0.5, 0.6) is 11.5 Å². The third-order valence-corrected chi connectivity index (χ3v) is 6.05. The summed E-state index contributed by atoms with van der Waals surface area (Å²) >= 11 is 3.53. The van der Waals surface area contributed by atoms with Crippen LogP contribution >= 0.6 is 15.9 Å². The molecule has 5 nitrogen and oxygen atoms in total. The van der Waals surface area contributed by atoms with Gasteiger partial charge in [-0.2, -0.15) is 0 Å². The number of ketones is 1. The lowest BCUT2D eigenvalue weighted by Gasteiger charge is -2.38. The minimum absolute atomic E-state index is 0.0346. The average Bonchev–Trinajstić information content (AvgIpc) is 2.69. The molecule has 6 heteroatoms. The van der Waals surface area contributed by atoms with E-state index in [1.54, 1.807) is 23.1 Å². The largest absolute Gasteiger partial charge is 0.504 e. The zero-order valence-corrected chi connectivity index (χ0v) is 17.0. The molecule has 0 spiro atoms. The number of rotatable bonds is 3. The first-order valence-corrected chi connectivity index (χ1v) is 10.0. The molecule has 144 valence electrons. The molecule has 4 rings (SSSR count). The molecule has 0 aromatic heterocycles. The van der Waals surface area contributed by atoms with E-state index in [2.05, 4.69) is 15.9 Å². The maximum absolute atomic E-state index is 13.2. The summed E-state index contributed by atoms with van der Waals surface area (Å²) in [6, 6.07) is 12.6. The van der Waals surface area contributed by atoms with Gasteiger partial charge >= 0.3 is 0 Å². The lowest BCUT2D eigenvalue weighted by Crippen LogP contribution is -2.40. The number of phenolic OH excluding ortho intramolecular Hbond substituents is 1. The number of amides is 1. The Balaban J connectivity index is 1.87. The van der Waals surface area contributed by atoms with Gasteiger partial charge in [0.05, 0.1) is 12.8 Å². The van der Waals surface area contributed by atoms with Gasteiger partial charge in [-0.15, -0.1) is 0 Å². The topological polar surface area (TPSA) is 66.8 Å². The van der Waals surface area contributed by atoms with Crippen molar-refractivity contribution in [2.24, 2.45) is 0 Å². The number of para-hydroxylation sites is 1. The van der Waals surface area contributed by atoms with Gasteiger partial charge in [0.2, 0.25) is 5.91 Å². The number of methoxy groups -OCH3 is 1. The number of nitrogens with zero attached hydrogens (tertiary/aromatic N) is 1. The summed E-state index contributed by atoms with van der Waals surface area (Å²) in [6.07, 6.45) is 2.10. The van der Waals surface area contributed by atoms with Gasteiger partial charge in [-0.05, 0) is 58.6 Å². The maximum Gasteiger partial charge on any atom is 0.232 e. The molecule has 0 fully saturated rings. The van der Waals surface area contributed by atoms with Crippen molar-refractivity contribution < 1.29 is 19.4 Å². The summed E-state index contributed by atoms with van der Waals surface area (Å²) in [5, 5.41) is 9.91. The molecule has 1 aliphatic heterocycles. The molecular weight excluding hydrogens is 422 g/mol. The Hall–Kier alpha value is -2.60. The van der Waals surface area contributed by atoms with Crippen molar-refractivity contribution in [3.05, 3.63) is 63.8 Å². The summed E-state index contributed by atoms with van der Waals surface area (Å²) < 4.78 is 6.04. The highest BCUT2D eigenvalue weighted by Crippen LogP contribution is 2.45. The van der Waals surface area contributed by atoms with Gasteiger partial charge < -0.3 is 9.84 Å². The van der Waals surface area contributed by atoms with Crippen molar-refractivity contribution in [1.29, 1.82) is 0 Å². The summed E-state index contributed by atoms with van der Waals surface area (Å²) in [5.41, 5.74) is 3.06. The van der Waals surface area contributed by atoms with Crippen molar-refractivity contribution >= 4 is 33.3 Å². The van der Waals surface area contributed by atoms with Gasteiger partial charge in [-0.3, -0.25) is 14.5 Å². The fraction of sp³-hybridized carbons (Fsp3) is 0.273. The Morgan fingerprint density at radius 1 is 1.14 bits per heavy atom. The average molecular weight is 442 g/mol. The van der Waals surface area contributed by atoms with Crippen molar-refractivity contribution in [3.8, 4) is 11.5 Å². The molecule has 2 aromatic carbocycles. The summed E-state index contributed by atoms with van der Waals surface area (Å²) in [7, 11) is 1.48. The molecule has 2 aliphatic rings. The Morgan fingerprint density at radius 2 is 1.93 bits per heavy atom. The Morgan fingerprint density at radius 3 is 2.68 bits per heavy atom. The predicted molar refractivity (Wildman–Crippen MR) is 110 cm³/mol. The van der Waals surface area contributed by atoms with E-state index < -0.39 is 0 Å². The molecule has 1 aliphatic carbocycles. The van der Waals surface area contributed by atoms with Crippen molar-refractivity contribution in [1.82, 2.24) is 0 Å². The lowest BCUT2D eigenvalue weighted by atomic mass is 9.77. The number of carbonyl (C=O) groups is 2. The number of benzene rings is 2. The zero-order valence-electron chi connectivity index (χ0n) is 15.4. The van der Waals surface area contributed by atoms with E-state index in [4.69, 9.17) is 4.74 Å². The number of anilines is 1. The molecule has 1 heterocycles. The maximum atomic E-state index is 13.2. The number of allylic oxidation sites excluding steroid dienone is 2. The van der Waals surface area contributed by atoms with E-state index in [1.807, 2.05) is 24.3 Å². The van der Waals surface area contributed by atoms with Gasteiger partial charge in [0, 0.05) is 34.5 Å². The van der Waals surface area contributed by atoms with Crippen LogP contribution in [-0.4, -0.2) is 23.9 Å². The minimum atomic E-state index is -0.330. The van der Waals surface area contributed by atoms with Crippen LogP contribution in [0.4, 0.5) is 5.69 Å². The first-order valence-electron chi connectivity index (χ1n) is 9.22. The molecule has 1 N–H and O–H groups in total. The predicted octanol–water partition coefficient (Wildman–Crippen LogP) is 4.69. The van der Waals surface area contributed by atoms with Crippen molar-refractivity contribution in [3.63, 3.8) is 0 Å². The first kappa shape index (κ1) is 18.7. The zero-order chi connectivity index (χ0) is 19.8. The fourth-order valence-corrected chi connectivity index (χ4v) is 4.56. The highest BCUT2D eigenvalue weighted by molar-refractivity contribution is 9.10. The van der Waals surface area contributed by atoms with Crippen LogP contribution in [0.1, 0.15) is 37.2 Å². The van der Waals surface area contributed by atoms with Gasteiger partial charge in [-0.1, -0.05) is 18.2 Å². The van der Waals surface area contributed by atoms with Crippen molar-refractivity contribution in [2.75, 3.05) is 12.0 Å². The molecular formula is C22H20BrNO4. The highest BCUT2D eigenvalue weighted by atomic mass is 79.9. The van der Waals surface area contributed by atoms with Crippen LogP contribution in [0.2, 0.25) is 0 Å². The third kappa shape index (κ3) is 3.11. The normalized spacial score (nSPS) is 19.6. The molecule has 1 atom stereocenters. The lowest BCUT2D eigenvalue weighted by molar-refractivity contribution is -0.119. The van der Waals surface area contributed by atoms with Crippen LogP contribution in [0.3, 0.4) is 0 Å². The molecule has 0 radical (unpaired) electrons. The summed E-state index contributed by atoms with van der Waals surface area (Å²) in [4.78, 5) is 27.8. The second-order valence-corrected chi connectivity index (χ2v) is 7.86. The third-order valence-electron chi connectivity index (χ3n) is 5.37. The highest BCUT2D eigenvalue weighted by Gasteiger charge is 2.40. The van der Waals surface area contributed by atoms with Crippen LogP contribution in [0.15, 0.2) is 58.2 Å². The number of Topliss-reactive ketones (excluding diaryl/α,β-unsaturated/α-hetero) is 1. The molecule has 28 heavy (non-hydrogen) atoms. The molecule has 0 bridgehead atoms. The van der Waals surface area contributed by atoms with E-state index in [1.165, 1.54) is 7.11 Å². The molecule has 2 aromatic rings. The standard InChI is InChI=1S/C22H20BrNO4/c1-28-20-11-13(9-10-18(20)25)14-12-21(27)24(16-6-3-2-5-15(16)23)17-7-4-8-19(26)22(14)17/h2-3,5-6,9-11,14,25H,4,7-8,12H2,1H3. The molecule has 0 saturated carbocycles. The fourth-order valence-electron chi connectivity index (χ4n) is 4.10. The Bertz CT molecular complexity index is 998. The number of hydrogen-bond donors (Lipinski definition) is 1. The molecule has 1 unspecified atom stereocenters. The van der Waals surface area contributed by atoms with Crippen LogP contribution < -0.4 is 9.64 Å². The van der Waals surface area contributed by atoms with E-state index >= 15 is 0 Å². The number of aromatic hydroxyl groups is 1. The van der Waals surface area contributed by atoms with Gasteiger partial charge in [0.25, 0.3) is 0 Å². The minimum Gasteiger partial charge on any atom is -0.504 e. The number of hydrogen-bond acceptors (Lipinski definition) is 4. The van der Waals surface area contributed by atoms with E-state index in [0.29, 0.717) is 24.2 Å². The summed E-state index contributed by atoms with van der Waals surface area (Å²) in [6.45, 7) is 0. The van der Waals surface area contributed by atoms with E-state index in [-0.39, 0.29) is 29.8 Å². The molecule has 0 saturated heterocycles. The van der Waals surface area contributed by atoms with E-state index in [0.717, 1.165) is 27.8 Å². The number of carbonyl (C=O) groups excluding carboxylic acids is 2.